The van der Waals surface area contributed by atoms with Crippen molar-refractivity contribution >= 4 is 11.6 Å². The molecule has 4 heteroatoms. The molecule has 1 aliphatic rings. The van der Waals surface area contributed by atoms with Crippen LogP contribution in [0, 0.1) is 6.92 Å². The molecule has 1 heterocycles. The third kappa shape index (κ3) is 2.77. The standard InChI is InChI=1S/C13H18N2O2/c1-9-5-4-7-10(12(9)16)15-13(17)11-6-2-3-8-14-11/h4-5,7,11,14,16H,2-3,6,8H2,1H3,(H,15,17)/t11-/m0/s1. The van der Waals surface area contributed by atoms with E-state index in [-0.39, 0.29) is 17.7 Å². The average Bonchev–Trinajstić information content (AvgIpc) is 2.36. The summed E-state index contributed by atoms with van der Waals surface area (Å²) < 4.78 is 0. The van der Waals surface area contributed by atoms with Crippen molar-refractivity contribution < 1.29 is 9.90 Å². The second-order valence-corrected chi connectivity index (χ2v) is 4.46. The molecule has 1 aliphatic heterocycles. The number of para-hydroxylation sites is 1. The average molecular weight is 234 g/mol. The van der Waals surface area contributed by atoms with E-state index in [1.807, 2.05) is 19.1 Å². The lowest BCUT2D eigenvalue weighted by Crippen LogP contribution is -2.43. The summed E-state index contributed by atoms with van der Waals surface area (Å²) in [5.41, 5.74) is 1.25. The molecule has 1 fully saturated rings. The highest BCUT2D eigenvalue weighted by Crippen LogP contribution is 2.26. The highest BCUT2D eigenvalue weighted by molar-refractivity contribution is 5.96. The minimum absolute atomic E-state index is 0.0643. The van der Waals surface area contributed by atoms with Crippen LogP contribution in [0.2, 0.25) is 0 Å². The molecule has 17 heavy (non-hydrogen) atoms. The Morgan fingerprint density at radius 2 is 2.29 bits per heavy atom. The number of hydrogen-bond donors (Lipinski definition) is 3. The van der Waals surface area contributed by atoms with E-state index in [0.717, 1.165) is 31.4 Å². The van der Waals surface area contributed by atoms with Gasteiger partial charge in [0.25, 0.3) is 0 Å². The Morgan fingerprint density at radius 3 is 3.00 bits per heavy atom. The van der Waals surface area contributed by atoms with E-state index in [2.05, 4.69) is 10.6 Å². The number of aryl methyl sites for hydroxylation is 1. The zero-order valence-corrected chi connectivity index (χ0v) is 9.99. The Bertz CT molecular complexity index is 412. The van der Waals surface area contributed by atoms with Gasteiger partial charge in [-0.1, -0.05) is 18.6 Å². The molecule has 3 N–H and O–H groups in total. The summed E-state index contributed by atoms with van der Waals surface area (Å²) in [6.07, 6.45) is 3.06. The van der Waals surface area contributed by atoms with Gasteiger partial charge < -0.3 is 15.7 Å². The lowest BCUT2D eigenvalue weighted by atomic mass is 10.0. The number of rotatable bonds is 2. The molecular weight excluding hydrogens is 216 g/mol. The Kier molecular flexibility index (Phi) is 3.64. The predicted molar refractivity (Wildman–Crippen MR) is 67.1 cm³/mol. The van der Waals surface area contributed by atoms with Gasteiger partial charge in [0, 0.05) is 0 Å². The zero-order chi connectivity index (χ0) is 12.3. The molecule has 0 aliphatic carbocycles. The molecule has 1 atom stereocenters. The van der Waals surface area contributed by atoms with Gasteiger partial charge in [-0.05, 0) is 37.9 Å². The summed E-state index contributed by atoms with van der Waals surface area (Å²) in [4.78, 5) is 11.9. The van der Waals surface area contributed by atoms with Crippen molar-refractivity contribution in [2.45, 2.75) is 32.2 Å². The molecule has 1 aromatic rings. The quantitative estimate of drug-likeness (QED) is 0.684. The van der Waals surface area contributed by atoms with E-state index < -0.39 is 0 Å². The molecule has 0 spiro atoms. The van der Waals surface area contributed by atoms with Crippen molar-refractivity contribution in [1.29, 1.82) is 0 Å². The van der Waals surface area contributed by atoms with Gasteiger partial charge in [-0.15, -0.1) is 0 Å². The number of carbonyl (C=O) groups excluding carboxylic acids is 1. The molecule has 92 valence electrons. The number of phenols is 1. The summed E-state index contributed by atoms with van der Waals surface area (Å²) >= 11 is 0. The van der Waals surface area contributed by atoms with Gasteiger partial charge in [0.05, 0.1) is 11.7 Å². The molecule has 0 unspecified atom stereocenters. The molecule has 0 bridgehead atoms. The lowest BCUT2D eigenvalue weighted by Gasteiger charge is -2.22. The summed E-state index contributed by atoms with van der Waals surface area (Å²) in [6, 6.07) is 5.20. The number of aromatic hydroxyl groups is 1. The van der Waals surface area contributed by atoms with Crippen LogP contribution in [0.15, 0.2) is 18.2 Å². The van der Waals surface area contributed by atoms with Crippen molar-refractivity contribution in [2.24, 2.45) is 0 Å². The third-order valence-electron chi connectivity index (χ3n) is 3.12. The number of anilines is 1. The van der Waals surface area contributed by atoms with Crippen LogP contribution in [0.4, 0.5) is 5.69 Å². The van der Waals surface area contributed by atoms with Crippen molar-refractivity contribution in [3.05, 3.63) is 23.8 Å². The minimum Gasteiger partial charge on any atom is -0.505 e. The molecule has 0 aromatic heterocycles. The number of nitrogens with one attached hydrogen (secondary N) is 2. The Labute approximate surface area is 101 Å². The normalized spacial score (nSPS) is 19.9. The van der Waals surface area contributed by atoms with Crippen LogP contribution in [-0.2, 0) is 4.79 Å². The summed E-state index contributed by atoms with van der Waals surface area (Å²) in [5.74, 6) is 0.0854. The maximum atomic E-state index is 11.9. The first-order valence-corrected chi connectivity index (χ1v) is 6.01. The van der Waals surface area contributed by atoms with E-state index >= 15 is 0 Å². The summed E-state index contributed by atoms with van der Waals surface area (Å²) in [5, 5.41) is 15.8. The SMILES string of the molecule is Cc1cccc(NC(=O)[C@@H]2CCCCN2)c1O. The van der Waals surface area contributed by atoms with E-state index in [4.69, 9.17) is 0 Å². The Hall–Kier alpha value is -1.55. The second kappa shape index (κ2) is 5.19. The van der Waals surface area contributed by atoms with Crippen LogP contribution in [0.3, 0.4) is 0 Å². The van der Waals surface area contributed by atoms with Crippen LogP contribution >= 0.6 is 0 Å². The van der Waals surface area contributed by atoms with Gasteiger partial charge in [-0.2, -0.15) is 0 Å². The van der Waals surface area contributed by atoms with Gasteiger partial charge >= 0.3 is 0 Å². The highest BCUT2D eigenvalue weighted by atomic mass is 16.3. The zero-order valence-electron chi connectivity index (χ0n) is 9.99. The van der Waals surface area contributed by atoms with Crippen LogP contribution in [-0.4, -0.2) is 23.6 Å². The van der Waals surface area contributed by atoms with Gasteiger partial charge in [0.1, 0.15) is 5.75 Å². The van der Waals surface area contributed by atoms with Gasteiger partial charge in [-0.3, -0.25) is 4.79 Å². The fourth-order valence-corrected chi connectivity index (χ4v) is 2.06. The maximum absolute atomic E-state index is 11.9. The van der Waals surface area contributed by atoms with Gasteiger partial charge in [0.15, 0.2) is 0 Å². The van der Waals surface area contributed by atoms with Gasteiger partial charge in [0.2, 0.25) is 5.91 Å². The second-order valence-electron chi connectivity index (χ2n) is 4.46. The van der Waals surface area contributed by atoms with E-state index in [1.54, 1.807) is 6.07 Å². The van der Waals surface area contributed by atoms with Crippen molar-refractivity contribution in [1.82, 2.24) is 5.32 Å². The monoisotopic (exact) mass is 234 g/mol. The number of piperidine rings is 1. The minimum atomic E-state index is -0.135. The van der Waals surface area contributed by atoms with Crippen LogP contribution in [0.25, 0.3) is 0 Å². The molecule has 0 saturated carbocycles. The van der Waals surface area contributed by atoms with E-state index in [1.165, 1.54) is 0 Å². The molecule has 2 rings (SSSR count). The number of phenolic OH excluding ortho intramolecular Hbond substituents is 1. The molecule has 1 aromatic carbocycles. The van der Waals surface area contributed by atoms with Crippen LogP contribution < -0.4 is 10.6 Å². The van der Waals surface area contributed by atoms with Crippen LogP contribution in [0.5, 0.6) is 5.75 Å². The predicted octanol–water partition coefficient (Wildman–Crippen LogP) is 1.78. The smallest absolute Gasteiger partial charge is 0.241 e. The van der Waals surface area contributed by atoms with E-state index in [0.29, 0.717) is 5.69 Å². The Morgan fingerprint density at radius 1 is 1.47 bits per heavy atom. The fraction of sp³-hybridized carbons (Fsp3) is 0.462. The van der Waals surface area contributed by atoms with Crippen molar-refractivity contribution in [3.63, 3.8) is 0 Å². The Balaban J connectivity index is 2.04. The maximum Gasteiger partial charge on any atom is 0.241 e. The highest BCUT2D eigenvalue weighted by Gasteiger charge is 2.21. The molecule has 4 nitrogen and oxygen atoms in total. The lowest BCUT2D eigenvalue weighted by molar-refractivity contribution is -0.118. The summed E-state index contributed by atoms with van der Waals surface area (Å²) in [6.45, 7) is 2.70. The molecular formula is C13H18N2O2. The first kappa shape index (κ1) is 11.9. The fourth-order valence-electron chi connectivity index (χ4n) is 2.06. The number of hydrogen-bond acceptors (Lipinski definition) is 3. The number of carbonyl (C=O) groups is 1. The third-order valence-corrected chi connectivity index (χ3v) is 3.12. The first-order valence-electron chi connectivity index (χ1n) is 6.01. The summed E-state index contributed by atoms with van der Waals surface area (Å²) in [7, 11) is 0. The topological polar surface area (TPSA) is 61.4 Å². The van der Waals surface area contributed by atoms with Gasteiger partial charge in [-0.25, -0.2) is 0 Å². The first-order chi connectivity index (χ1) is 8.18. The van der Waals surface area contributed by atoms with Crippen molar-refractivity contribution in [2.75, 3.05) is 11.9 Å². The van der Waals surface area contributed by atoms with Crippen LogP contribution in [0.1, 0.15) is 24.8 Å². The van der Waals surface area contributed by atoms with E-state index in [9.17, 15) is 9.90 Å². The number of amides is 1. The molecule has 1 amide bonds. The molecule has 0 radical (unpaired) electrons. The number of benzene rings is 1. The largest absolute Gasteiger partial charge is 0.505 e. The molecule has 1 saturated heterocycles. The van der Waals surface area contributed by atoms with Crippen molar-refractivity contribution in [3.8, 4) is 5.75 Å².